The molecule has 1 aromatic heterocycles. The lowest BCUT2D eigenvalue weighted by atomic mass is 10.4. The van der Waals surface area contributed by atoms with Crippen LogP contribution in [0.3, 0.4) is 0 Å². The summed E-state index contributed by atoms with van der Waals surface area (Å²) >= 11 is 6.71. The van der Waals surface area contributed by atoms with Gasteiger partial charge in [0.25, 0.3) is 10.0 Å². The quantitative estimate of drug-likeness (QED) is 0.676. The maximum absolute atomic E-state index is 12.2. The number of hydrogen-bond acceptors (Lipinski definition) is 5. The number of ether oxygens (including phenoxy) is 1. The fourth-order valence-electron chi connectivity index (χ4n) is 1.55. The minimum Gasteiger partial charge on any atom is -0.379 e. The number of carbonyl (C=O) groups excluding carboxylic acids is 1. The molecule has 6 nitrogen and oxygen atoms in total. The van der Waals surface area contributed by atoms with Crippen LogP contribution in [0.2, 0.25) is 4.34 Å². The molecule has 1 aromatic rings. The van der Waals surface area contributed by atoms with Gasteiger partial charge >= 0.3 is 0 Å². The third-order valence-electron chi connectivity index (χ3n) is 2.67. The molecule has 0 saturated carbocycles. The minimum atomic E-state index is -3.68. The molecule has 0 spiro atoms. The second-order valence-corrected chi connectivity index (χ2v) is 8.93. The zero-order chi connectivity index (χ0) is 16.8. The van der Waals surface area contributed by atoms with Gasteiger partial charge in [0.2, 0.25) is 5.91 Å². The van der Waals surface area contributed by atoms with Crippen molar-refractivity contribution in [2.24, 2.45) is 0 Å². The Morgan fingerprint density at radius 3 is 2.68 bits per heavy atom. The molecule has 126 valence electrons. The second-order valence-electron chi connectivity index (χ2n) is 4.94. The third kappa shape index (κ3) is 6.21. The number of sulfonamides is 1. The molecular weight excluding hydrogens is 348 g/mol. The predicted octanol–water partition coefficient (Wildman–Crippen LogP) is 1.95. The van der Waals surface area contributed by atoms with E-state index in [1.54, 1.807) is 0 Å². The molecule has 9 heteroatoms. The average molecular weight is 369 g/mol. The van der Waals surface area contributed by atoms with E-state index in [0.29, 0.717) is 23.9 Å². The maximum atomic E-state index is 12.2. The topological polar surface area (TPSA) is 75.7 Å². The molecule has 0 aromatic carbocycles. The molecule has 0 aliphatic carbocycles. The van der Waals surface area contributed by atoms with E-state index < -0.39 is 10.0 Å². The van der Waals surface area contributed by atoms with Crippen LogP contribution in [-0.2, 0) is 19.6 Å². The van der Waals surface area contributed by atoms with Gasteiger partial charge in [0, 0.05) is 20.2 Å². The summed E-state index contributed by atoms with van der Waals surface area (Å²) in [6.07, 6.45) is 0.839. The van der Waals surface area contributed by atoms with E-state index in [1.807, 2.05) is 13.8 Å². The van der Waals surface area contributed by atoms with Crippen LogP contribution in [0.25, 0.3) is 0 Å². The van der Waals surface area contributed by atoms with Crippen LogP contribution >= 0.6 is 22.9 Å². The van der Waals surface area contributed by atoms with E-state index in [9.17, 15) is 13.2 Å². The molecule has 0 aliphatic rings. The van der Waals surface area contributed by atoms with E-state index in [-0.39, 0.29) is 22.8 Å². The van der Waals surface area contributed by atoms with Crippen molar-refractivity contribution in [2.75, 3.05) is 26.7 Å². The largest absolute Gasteiger partial charge is 0.379 e. The molecule has 0 atom stereocenters. The van der Waals surface area contributed by atoms with Gasteiger partial charge in [-0.15, -0.1) is 11.3 Å². The monoisotopic (exact) mass is 368 g/mol. The molecular formula is C13H21ClN2O4S2. The molecule has 0 radical (unpaired) electrons. The van der Waals surface area contributed by atoms with E-state index >= 15 is 0 Å². The highest BCUT2D eigenvalue weighted by Gasteiger charge is 2.24. The van der Waals surface area contributed by atoms with Gasteiger partial charge in [-0.3, -0.25) is 4.79 Å². The summed E-state index contributed by atoms with van der Waals surface area (Å²) in [5.41, 5.74) is 0. The molecule has 0 saturated heterocycles. The summed E-state index contributed by atoms with van der Waals surface area (Å²) < 4.78 is 31.3. The van der Waals surface area contributed by atoms with Crippen LogP contribution in [0.1, 0.15) is 20.3 Å². The molecule has 1 rings (SSSR count). The third-order valence-corrected chi connectivity index (χ3v) is 6.18. The Morgan fingerprint density at radius 2 is 2.14 bits per heavy atom. The average Bonchev–Trinajstić information content (AvgIpc) is 2.85. The van der Waals surface area contributed by atoms with Crippen molar-refractivity contribution in [3.8, 4) is 0 Å². The van der Waals surface area contributed by atoms with E-state index in [2.05, 4.69) is 5.32 Å². The lowest BCUT2D eigenvalue weighted by Crippen LogP contribution is -2.38. The van der Waals surface area contributed by atoms with Crippen LogP contribution in [-0.4, -0.2) is 51.5 Å². The molecule has 1 amide bonds. The smallest absolute Gasteiger partial charge is 0.252 e. The second kappa shape index (κ2) is 8.83. The fourth-order valence-corrected chi connectivity index (χ4v) is 4.37. The molecule has 22 heavy (non-hydrogen) atoms. The minimum absolute atomic E-state index is 0.123. The van der Waals surface area contributed by atoms with Crippen LogP contribution in [0.15, 0.2) is 16.3 Å². The Bertz CT molecular complexity index is 587. The van der Waals surface area contributed by atoms with E-state index in [4.69, 9.17) is 16.3 Å². The Labute approximate surface area is 140 Å². The molecule has 0 fully saturated rings. The first-order valence-electron chi connectivity index (χ1n) is 6.83. The van der Waals surface area contributed by atoms with E-state index in [0.717, 1.165) is 15.6 Å². The van der Waals surface area contributed by atoms with Crippen LogP contribution in [0.5, 0.6) is 0 Å². The van der Waals surface area contributed by atoms with Crippen LogP contribution < -0.4 is 5.32 Å². The zero-order valence-corrected chi connectivity index (χ0v) is 15.2. The number of thiophene rings is 1. The SMILES string of the molecule is CC(C)OCCCNC(=O)CN(C)S(=O)(=O)c1ccc(Cl)s1. The number of nitrogens with zero attached hydrogens (tertiary/aromatic N) is 1. The summed E-state index contributed by atoms with van der Waals surface area (Å²) in [7, 11) is -2.31. The van der Waals surface area contributed by atoms with Crippen LogP contribution in [0.4, 0.5) is 0 Å². The lowest BCUT2D eigenvalue weighted by molar-refractivity contribution is -0.121. The summed E-state index contributed by atoms with van der Waals surface area (Å²) in [6, 6.07) is 2.95. The van der Waals surface area contributed by atoms with Crippen molar-refractivity contribution in [2.45, 2.75) is 30.6 Å². The number of carbonyl (C=O) groups is 1. The molecule has 0 bridgehead atoms. The van der Waals surface area contributed by atoms with Gasteiger partial charge in [-0.1, -0.05) is 11.6 Å². The Kier molecular flexibility index (Phi) is 7.78. The standard InChI is InChI=1S/C13H21ClN2O4S2/c1-10(2)20-8-4-7-15-12(17)9-16(3)22(18,19)13-6-5-11(14)21-13/h5-6,10H,4,7-9H2,1-3H3,(H,15,17). The van der Waals surface area contributed by atoms with Gasteiger partial charge in [0.1, 0.15) is 4.21 Å². The van der Waals surface area contributed by atoms with Crippen molar-refractivity contribution in [3.05, 3.63) is 16.5 Å². The van der Waals surface area contributed by atoms with Crippen LogP contribution in [0, 0.1) is 0 Å². The normalized spacial score (nSPS) is 12.1. The Balaban J connectivity index is 2.40. The van der Waals surface area contributed by atoms with Gasteiger partial charge in [-0.2, -0.15) is 4.31 Å². The van der Waals surface area contributed by atoms with Gasteiger partial charge in [-0.25, -0.2) is 8.42 Å². The first-order chi connectivity index (χ1) is 10.2. The van der Waals surface area contributed by atoms with Gasteiger partial charge in [-0.05, 0) is 32.4 Å². The molecule has 0 aliphatic heterocycles. The lowest BCUT2D eigenvalue weighted by Gasteiger charge is -2.15. The van der Waals surface area contributed by atoms with Crippen molar-refractivity contribution in [3.63, 3.8) is 0 Å². The number of hydrogen-bond donors (Lipinski definition) is 1. The Morgan fingerprint density at radius 1 is 1.45 bits per heavy atom. The zero-order valence-electron chi connectivity index (χ0n) is 12.8. The predicted molar refractivity (Wildman–Crippen MR) is 87.9 cm³/mol. The number of rotatable bonds is 9. The summed E-state index contributed by atoms with van der Waals surface area (Å²) in [5.74, 6) is -0.349. The number of amides is 1. The molecule has 0 unspecified atom stereocenters. The van der Waals surface area contributed by atoms with Crippen molar-refractivity contribution >= 4 is 38.9 Å². The first-order valence-corrected chi connectivity index (χ1v) is 9.47. The highest BCUT2D eigenvalue weighted by Crippen LogP contribution is 2.27. The molecule has 1 heterocycles. The van der Waals surface area contributed by atoms with Gasteiger partial charge in [0.15, 0.2) is 0 Å². The maximum Gasteiger partial charge on any atom is 0.252 e. The Hall–Kier alpha value is -0.670. The summed E-state index contributed by atoms with van der Waals surface area (Å²) in [4.78, 5) is 11.8. The van der Waals surface area contributed by atoms with Crippen molar-refractivity contribution < 1.29 is 17.9 Å². The van der Waals surface area contributed by atoms with Crippen molar-refractivity contribution in [1.82, 2.24) is 9.62 Å². The van der Waals surface area contributed by atoms with Gasteiger partial charge in [0.05, 0.1) is 17.0 Å². The van der Waals surface area contributed by atoms with Gasteiger partial charge < -0.3 is 10.1 Å². The number of halogens is 1. The number of nitrogens with one attached hydrogen (secondary N) is 1. The summed E-state index contributed by atoms with van der Waals surface area (Å²) in [5, 5.41) is 2.67. The van der Waals surface area contributed by atoms with E-state index in [1.165, 1.54) is 19.2 Å². The van der Waals surface area contributed by atoms with Crippen molar-refractivity contribution in [1.29, 1.82) is 0 Å². The fraction of sp³-hybridized carbons (Fsp3) is 0.615. The highest BCUT2D eigenvalue weighted by molar-refractivity contribution is 7.91. The molecule has 1 N–H and O–H groups in total. The summed E-state index contributed by atoms with van der Waals surface area (Å²) in [6.45, 7) is 4.65. The highest BCUT2D eigenvalue weighted by atomic mass is 35.5. The first kappa shape index (κ1) is 19.4. The number of likely N-dealkylation sites (N-methyl/N-ethyl adjacent to an activating group) is 1.